The second-order valence-electron chi connectivity index (χ2n) is 5.85. The van der Waals surface area contributed by atoms with E-state index < -0.39 is 11.8 Å². The van der Waals surface area contributed by atoms with Gasteiger partial charge < -0.3 is 4.42 Å². The number of furan rings is 1. The van der Waals surface area contributed by atoms with Gasteiger partial charge in [-0.15, -0.1) is 0 Å². The fourth-order valence-corrected chi connectivity index (χ4v) is 3.17. The molecule has 0 fully saturated rings. The van der Waals surface area contributed by atoms with E-state index >= 15 is 0 Å². The number of para-hydroxylation sites is 1. The predicted octanol–water partition coefficient (Wildman–Crippen LogP) is 4.29. The second-order valence-corrected chi connectivity index (χ2v) is 6.71. The van der Waals surface area contributed by atoms with Crippen molar-refractivity contribution < 1.29 is 14.0 Å². The zero-order valence-corrected chi connectivity index (χ0v) is 15.9. The molecule has 5 nitrogen and oxygen atoms in total. The van der Waals surface area contributed by atoms with Gasteiger partial charge in [0.15, 0.2) is 5.76 Å². The molecule has 1 heterocycles. The molecule has 0 saturated heterocycles. The van der Waals surface area contributed by atoms with Crippen LogP contribution in [0.3, 0.4) is 0 Å². The zero-order valence-electron chi connectivity index (χ0n) is 14.3. The first-order chi connectivity index (χ1) is 12.5. The highest BCUT2D eigenvalue weighted by molar-refractivity contribution is 9.10. The van der Waals surface area contributed by atoms with E-state index in [4.69, 9.17) is 4.42 Å². The minimum absolute atomic E-state index is 0.178. The highest BCUT2D eigenvalue weighted by Crippen LogP contribution is 2.24. The van der Waals surface area contributed by atoms with E-state index in [1.165, 1.54) is 6.08 Å². The highest BCUT2D eigenvalue weighted by Gasteiger charge is 2.17. The van der Waals surface area contributed by atoms with Crippen LogP contribution in [0.15, 0.2) is 57.4 Å². The van der Waals surface area contributed by atoms with Crippen LogP contribution < -0.4 is 10.9 Å². The van der Waals surface area contributed by atoms with Crippen molar-refractivity contribution in [2.45, 2.75) is 13.8 Å². The molecule has 0 aliphatic heterocycles. The largest absolute Gasteiger partial charge is 0.451 e. The number of nitrogens with one attached hydrogen (secondary N) is 2. The molecule has 1 aromatic heterocycles. The van der Waals surface area contributed by atoms with Gasteiger partial charge in [0.2, 0.25) is 0 Å². The number of rotatable bonds is 3. The average molecular weight is 413 g/mol. The Morgan fingerprint density at radius 3 is 2.58 bits per heavy atom. The third-order valence-electron chi connectivity index (χ3n) is 3.92. The molecule has 3 rings (SSSR count). The maximum absolute atomic E-state index is 12.3. The van der Waals surface area contributed by atoms with E-state index in [0.29, 0.717) is 5.58 Å². The molecule has 0 atom stereocenters. The highest BCUT2D eigenvalue weighted by atomic mass is 79.9. The van der Waals surface area contributed by atoms with Gasteiger partial charge in [-0.3, -0.25) is 20.4 Å². The van der Waals surface area contributed by atoms with Crippen molar-refractivity contribution in [1.29, 1.82) is 0 Å². The smallest absolute Gasteiger partial charge is 0.305 e. The average Bonchev–Trinajstić information content (AvgIpc) is 2.96. The quantitative estimate of drug-likeness (QED) is 0.497. The first-order valence-corrected chi connectivity index (χ1v) is 8.77. The number of amides is 2. The van der Waals surface area contributed by atoms with Gasteiger partial charge in [-0.2, -0.15) is 0 Å². The number of carbonyl (C=O) groups excluding carboxylic acids is 2. The van der Waals surface area contributed by atoms with Crippen LogP contribution in [-0.4, -0.2) is 11.8 Å². The Bertz CT molecular complexity index is 1020. The molecule has 0 bridgehead atoms. The molecule has 2 N–H and O–H groups in total. The van der Waals surface area contributed by atoms with Crippen LogP contribution in [-0.2, 0) is 4.79 Å². The minimum Gasteiger partial charge on any atom is -0.451 e. The second kappa shape index (κ2) is 7.58. The molecule has 2 amide bonds. The van der Waals surface area contributed by atoms with Gasteiger partial charge in [-0.1, -0.05) is 46.3 Å². The summed E-state index contributed by atoms with van der Waals surface area (Å²) in [5.41, 5.74) is 8.06. The van der Waals surface area contributed by atoms with Crippen molar-refractivity contribution in [1.82, 2.24) is 10.9 Å². The predicted molar refractivity (Wildman–Crippen MR) is 104 cm³/mol. The van der Waals surface area contributed by atoms with Crippen molar-refractivity contribution in [3.8, 4) is 0 Å². The third-order valence-corrected chi connectivity index (χ3v) is 4.61. The number of halogens is 1. The van der Waals surface area contributed by atoms with E-state index in [0.717, 1.165) is 26.5 Å². The fourth-order valence-electron chi connectivity index (χ4n) is 2.54. The number of hydrogen-bond donors (Lipinski definition) is 2. The molecular formula is C20H17BrN2O3. The Kier molecular flexibility index (Phi) is 5.23. The van der Waals surface area contributed by atoms with Gasteiger partial charge in [0, 0.05) is 21.5 Å². The van der Waals surface area contributed by atoms with Crippen molar-refractivity contribution >= 4 is 44.8 Å². The van der Waals surface area contributed by atoms with Crippen molar-refractivity contribution in [3.63, 3.8) is 0 Å². The van der Waals surface area contributed by atoms with Crippen LogP contribution in [0.1, 0.15) is 27.2 Å². The summed E-state index contributed by atoms with van der Waals surface area (Å²) >= 11 is 3.45. The Balaban J connectivity index is 1.64. The number of fused-ring (bicyclic) bond motifs is 1. The van der Waals surface area contributed by atoms with Crippen LogP contribution in [0.5, 0.6) is 0 Å². The molecule has 0 aliphatic rings. The number of benzene rings is 2. The van der Waals surface area contributed by atoms with Crippen LogP contribution in [0, 0.1) is 13.8 Å². The van der Waals surface area contributed by atoms with Crippen molar-refractivity contribution in [3.05, 3.63) is 75.5 Å². The number of carbonyl (C=O) groups is 2. The molecule has 0 saturated carbocycles. The fraction of sp³-hybridized carbons (Fsp3) is 0.100. The summed E-state index contributed by atoms with van der Waals surface area (Å²) in [4.78, 5) is 24.2. The van der Waals surface area contributed by atoms with Gasteiger partial charge in [-0.25, -0.2) is 0 Å². The molecule has 26 heavy (non-hydrogen) atoms. The SMILES string of the molecule is Cc1ccc(/C=C/C(=O)NNC(=O)c2oc3ccccc3c2C)c(Br)c1. The lowest BCUT2D eigenvalue weighted by Crippen LogP contribution is -2.40. The Hall–Kier alpha value is -2.86. The zero-order chi connectivity index (χ0) is 18.7. The van der Waals surface area contributed by atoms with Gasteiger partial charge in [0.1, 0.15) is 5.58 Å². The third kappa shape index (κ3) is 3.86. The molecule has 3 aromatic rings. The normalized spacial score (nSPS) is 11.0. The summed E-state index contributed by atoms with van der Waals surface area (Å²) in [6.45, 7) is 3.79. The maximum atomic E-state index is 12.3. The van der Waals surface area contributed by atoms with Gasteiger partial charge >= 0.3 is 5.91 Å². The summed E-state index contributed by atoms with van der Waals surface area (Å²) < 4.78 is 6.45. The molecular weight excluding hydrogens is 396 g/mol. The summed E-state index contributed by atoms with van der Waals surface area (Å²) in [6, 6.07) is 13.2. The first kappa shape index (κ1) is 17.9. The topological polar surface area (TPSA) is 71.3 Å². The molecule has 2 aromatic carbocycles. The molecule has 132 valence electrons. The van der Waals surface area contributed by atoms with E-state index in [9.17, 15) is 9.59 Å². The van der Waals surface area contributed by atoms with Crippen LogP contribution in [0.2, 0.25) is 0 Å². The van der Waals surface area contributed by atoms with Gasteiger partial charge in [0.05, 0.1) is 0 Å². The van der Waals surface area contributed by atoms with Crippen molar-refractivity contribution in [2.75, 3.05) is 0 Å². The lowest BCUT2D eigenvalue weighted by Gasteiger charge is -2.04. The molecule has 0 spiro atoms. The first-order valence-electron chi connectivity index (χ1n) is 7.98. The Morgan fingerprint density at radius 2 is 1.85 bits per heavy atom. The monoisotopic (exact) mass is 412 g/mol. The number of hydrazine groups is 1. The van der Waals surface area contributed by atoms with Crippen LogP contribution >= 0.6 is 15.9 Å². The Labute approximate surface area is 159 Å². The lowest BCUT2D eigenvalue weighted by molar-refractivity contribution is -0.117. The summed E-state index contributed by atoms with van der Waals surface area (Å²) in [6.07, 6.45) is 3.01. The molecule has 0 unspecified atom stereocenters. The summed E-state index contributed by atoms with van der Waals surface area (Å²) in [7, 11) is 0. The van der Waals surface area contributed by atoms with E-state index in [2.05, 4.69) is 26.8 Å². The molecule has 0 radical (unpaired) electrons. The van der Waals surface area contributed by atoms with E-state index in [-0.39, 0.29) is 5.76 Å². The maximum Gasteiger partial charge on any atom is 0.305 e. The number of aryl methyl sites for hydroxylation is 2. The minimum atomic E-state index is -0.503. The molecule has 6 heteroatoms. The van der Waals surface area contributed by atoms with E-state index in [1.807, 2.05) is 43.3 Å². The van der Waals surface area contributed by atoms with Gasteiger partial charge in [0.25, 0.3) is 5.91 Å². The van der Waals surface area contributed by atoms with Gasteiger partial charge in [-0.05, 0) is 43.2 Å². The van der Waals surface area contributed by atoms with Crippen LogP contribution in [0.25, 0.3) is 17.0 Å². The summed E-state index contributed by atoms with van der Waals surface area (Å²) in [5, 5.41) is 0.869. The lowest BCUT2D eigenvalue weighted by atomic mass is 10.1. The summed E-state index contributed by atoms with van der Waals surface area (Å²) in [5.74, 6) is -0.770. The Morgan fingerprint density at radius 1 is 1.08 bits per heavy atom. The molecule has 0 aliphatic carbocycles. The standard InChI is InChI=1S/C20H17BrN2O3/c1-12-7-8-14(16(21)11-12)9-10-18(24)22-23-20(25)19-13(2)15-5-3-4-6-17(15)26-19/h3-11H,1-2H3,(H,22,24)(H,23,25)/b10-9+. The van der Waals surface area contributed by atoms with Crippen molar-refractivity contribution in [2.24, 2.45) is 0 Å². The number of hydrogen-bond acceptors (Lipinski definition) is 3. The van der Waals surface area contributed by atoms with E-state index in [1.54, 1.807) is 19.1 Å². The van der Waals surface area contributed by atoms with Crippen LogP contribution in [0.4, 0.5) is 0 Å².